The molecule has 0 aliphatic rings. The van der Waals surface area contributed by atoms with E-state index in [1.54, 1.807) is 0 Å². The van der Waals surface area contributed by atoms with Gasteiger partial charge >= 0.3 is 0 Å². The number of nitrogens with one attached hydrogen (secondary N) is 1. The number of halogens is 1. The van der Waals surface area contributed by atoms with Crippen LogP contribution < -0.4 is 5.32 Å². The third-order valence-electron chi connectivity index (χ3n) is 3.02. The lowest BCUT2D eigenvalue weighted by molar-refractivity contribution is 1.03. The summed E-state index contributed by atoms with van der Waals surface area (Å²) in [5, 5.41) is 3.45. The summed E-state index contributed by atoms with van der Waals surface area (Å²) < 4.78 is 0.875. The van der Waals surface area contributed by atoms with Crippen molar-refractivity contribution in [2.24, 2.45) is 0 Å². The van der Waals surface area contributed by atoms with E-state index in [1.165, 1.54) is 11.1 Å². The summed E-state index contributed by atoms with van der Waals surface area (Å²) in [6, 6.07) is 12.6. The summed E-state index contributed by atoms with van der Waals surface area (Å²) in [5.41, 5.74) is 4.84. The number of nitrogens with zero attached hydrogens (tertiary/aromatic N) is 1. The second-order valence-electron chi connectivity index (χ2n) is 4.24. The normalized spacial score (nSPS) is 10.4. The van der Waals surface area contributed by atoms with E-state index in [0.29, 0.717) is 0 Å². The predicted molar refractivity (Wildman–Crippen MR) is 79.8 cm³/mol. The first-order valence-corrected chi connectivity index (χ1v) is 6.93. The van der Waals surface area contributed by atoms with Gasteiger partial charge in [-0.05, 0) is 52.5 Å². The molecule has 0 amide bonds. The van der Waals surface area contributed by atoms with Gasteiger partial charge in [-0.25, -0.2) is 4.98 Å². The molecule has 0 saturated heterocycles. The van der Waals surface area contributed by atoms with Crippen LogP contribution in [0.25, 0.3) is 0 Å². The Morgan fingerprint density at radius 2 is 1.83 bits per heavy atom. The maximum atomic E-state index is 4.38. The average Bonchev–Trinajstić information content (AvgIpc) is 2.38. The standard InChI is InChI=1S/C15H17BrN2/c1-3-12-6-4-5-7-13(12)10-17-14-8-9-15(16)18-11(14)2/h4-9,17H,3,10H2,1-2H3. The molecule has 2 aromatic rings. The highest BCUT2D eigenvalue weighted by Gasteiger charge is 2.02. The van der Waals surface area contributed by atoms with Gasteiger partial charge in [0.1, 0.15) is 4.60 Å². The third-order valence-corrected chi connectivity index (χ3v) is 3.46. The summed E-state index contributed by atoms with van der Waals surface area (Å²) in [6.07, 6.45) is 1.06. The molecule has 0 bridgehead atoms. The van der Waals surface area contributed by atoms with Crippen molar-refractivity contribution in [1.29, 1.82) is 0 Å². The zero-order valence-corrected chi connectivity index (χ0v) is 12.3. The van der Waals surface area contributed by atoms with Crippen molar-refractivity contribution in [3.05, 3.63) is 57.8 Å². The summed E-state index contributed by atoms with van der Waals surface area (Å²) in [5.74, 6) is 0. The van der Waals surface area contributed by atoms with Crippen molar-refractivity contribution in [2.45, 2.75) is 26.8 Å². The van der Waals surface area contributed by atoms with Gasteiger partial charge in [-0.15, -0.1) is 0 Å². The summed E-state index contributed by atoms with van der Waals surface area (Å²) >= 11 is 3.38. The lowest BCUT2D eigenvalue weighted by Crippen LogP contribution is -2.04. The number of hydrogen-bond donors (Lipinski definition) is 1. The first-order valence-electron chi connectivity index (χ1n) is 6.14. The number of aromatic nitrogens is 1. The van der Waals surface area contributed by atoms with Gasteiger partial charge in [-0.2, -0.15) is 0 Å². The van der Waals surface area contributed by atoms with E-state index in [-0.39, 0.29) is 0 Å². The Hall–Kier alpha value is -1.35. The van der Waals surface area contributed by atoms with Crippen molar-refractivity contribution in [3.63, 3.8) is 0 Å². The fraction of sp³-hybridized carbons (Fsp3) is 0.267. The predicted octanol–water partition coefficient (Wildman–Crippen LogP) is 4.33. The topological polar surface area (TPSA) is 24.9 Å². The van der Waals surface area contributed by atoms with Gasteiger partial charge in [0.2, 0.25) is 0 Å². The van der Waals surface area contributed by atoms with E-state index < -0.39 is 0 Å². The van der Waals surface area contributed by atoms with Crippen molar-refractivity contribution in [3.8, 4) is 0 Å². The Morgan fingerprint density at radius 3 is 2.50 bits per heavy atom. The van der Waals surface area contributed by atoms with Gasteiger partial charge in [0.05, 0.1) is 11.4 Å². The molecule has 0 radical (unpaired) electrons. The third kappa shape index (κ3) is 3.10. The molecule has 2 rings (SSSR count). The molecular formula is C15H17BrN2. The molecule has 18 heavy (non-hydrogen) atoms. The molecule has 1 aromatic carbocycles. The molecule has 1 heterocycles. The highest BCUT2D eigenvalue weighted by Crippen LogP contribution is 2.18. The first kappa shape index (κ1) is 13.1. The van der Waals surface area contributed by atoms with Crippen molar-refractivity contribution in [1.82, 2.24) is 4.98 Å². The molecule has 94 valence electrons. The van der Waals surface area contributed by atoms with Crippen LogP contribution in [-0.2, 0) is 13.0 Å². The number of benzene rings is 1. The van der Waals surface area contributed by atoms with E-state index in [0.717, 1.165) is 29.0 Å². The van der Waals surface area contributed by atoms with E-state index in [4.69, 9.17) is 0 Å². The molecule has 0 unspecified atom stereocenters. The van der Waals surface area contributed by atoms with E-state index in [9.17, 15) is 0 Å². The van der Waals surface area contributed by atoms with E-state index in [1.807, 2.05) is 13.0 Å². The maximum Gasteiger partial charge on any atom is 0.106 e. The van der Waals surface area contributed by atoms with Crippen LogP contribution in [0, 0.1) is 6.92 Å². The summed E-state index contributed by atoms with van der Waals surface area (Å²) in [7, 11) is 0. The van der Waals surface area contributed by atoms with Gasteiger partial charge < -0.3 is 5.32 Å². The van der Waals surface area contributed by atoms with Gasteiger partial charge in [0.25, 0.3) is 0 Å². The number of rotatable bonds is 4. The number of aryl methyl sites for hydroxylation is 2. The molecule has 3 heteroatoms. The number of anilines is 1. The lowest BCUT2D eigenvalue weighted by atomic mass is 10.1. The second kappa shape index (κ2) is 6.01. The Labute approximate surface area is 117 Å². The molecule has 0 fully saturated rings. The molecule has 1 N–H and O–H groups in total. The van der Waals surface area contributed by atoms with Crippen LogP contribution in [0.3, 0.4) is 0 Å². The first-order chi connectivity index (χ1) is 8.70. The van der Waals surface area contributed by atoms with Crippen LogP contribution in [0.5, 0.6) is 0 Å². The van der Waals surface area contributed by atoms with Crippen LogP contribution in [0.2, 0.25) is 0 Å². The summed E-state index contributed by atoms with van der Waals surface area (Å²) in [4.78, 5) is 4.38. The minimum atomic E-state index is 0.841. The molecule has 2 nitrogen and oxygen atoms in total. The maximum absolute atomic E-state index is 4.38. The molecular weight excluding hydrogens is 288 g/mol. The fourth-order valence-electron chi connectivity index (χ4n) is 1.98. The average molecular weight is 305 g/mol. The highest BCUT2D eigenvalue weighted by atomic mass is 79.9. The Kier molecular flexibility index (Phi) is 4.37. The van der Waals surface area contributed by atoms with Crippen molar-refractivity contribution < 1.29 is 0 Å². The zero-order chi connectivity index (χ0) is 13.0. The van der Waals surface area contributed by atoms with E-state index in [2.05, 4.69) is 63.5 Å². The van der Waals surface area contributed by atoms with Gasteiger partial charge in [0.15, 0.2) is 0 Å². The molecule has 0 aliphatic carbocycles. The van der Waals surface area contributed by atoms with Gasteiger partial charge in [-0.3, -0.25) is 0 Å². The second-order valence-corrected chi connectivity index (χ2v) is 5.06. The van der Waals surface area contributed by atoms with Gasteiger partial charge in [0, 0.05) is 6.54 Å². The SMILES string of the molecule is CCc1ccccc1CNc1ccc(Br)nc1C. The Morgan fingerprint density at radius 1 is 1.11 bits per heavy atom. The van der Waals surface area contributed by atoms with Crippen LogP contribution in [0.4, 0.5) is 5.69 Å². The fourth-order valence-corrected chi connectivity index (χ4v) is 2.38. The largest absolute Gasteiger partial charge is 0.379 e. The van der Waals surface area contributed by atoms with Crippen molar-refractivity contribution >= 4 is 21.6 Å². The molecule has 1 aromatic heterocycles. The Balaban J connectivity index is 2.11. The summed E-state index contributed by atoms with van der Waals surface area (Å²) in [6.45, 7) is 5.04. The molecule has 0 saturated carbocycles. The zero-order valence-electron chi connectivity index (χ0n) is 10.7. The lowest BCUT2D eigenvalue weighted by Gasteiger charge is -2.12. The number of hydrogen-bond acceptors (Lipinski definition) is 2. The van der Waals surface area contributed by atoms with Crippen LogP contribution in [0.1, 0.15) is 23.7 Å². The molecule has 0 aliphatic heterocycles. The molecule has 0 spiro atoms. The van der Waals surface area contributed by atoms with Crippen molar-refractivity contribution in [2.75, 3.05) is 5.32 Å². The number of pyridine rings is 1. The minimum absolute atomic E-state index is 0.841. The van der Waals surface area contributed by atoms with E-state index >= 15 is 0 Å². The van der Waals surface area contributed by atoms with Crippen LogP contribution >= 0.6 is 15.9 Å². The smallest absolute Gasteiger partial charge is 0.106 e. The Bertz CT molecular complexity index is 538. The van der Waals surface area contributed by atoms with Crippen LogP contribution in [0.15, 0.2) is 41.0 Å². The molecule has 0 atom stereocenters. The highest BCUT2D eigenvalue weighted by molar-refractivity contribution is 9.10. The quantitative estimate of drug-likeness (QED) is 0.851. The monoisotopic (exact) mass is 304 g/mol. The van der Waals surface area contributed by atoms with Crippen LogP contribution in [-0.4, -0.2) is 4.98 Å². The minimum Gasteiger partial charge on any atom is -0.379 e. The van der Waals surface area contributed by atoms with Gasteiger partial charge in [-0.1, -0.05) is 31.2 Å².